The number of rotatable bonds is 3. The van der Waals surface area contributed by atoms with Crippen molar-refractivity contribution in [2.75, 3.05) is 11.1 Å². The van der Waals surface area contributed by atoms with Gasteiger partial charge in [-0.3, -0.25) is 0 Å². The maximum atomic E-state index is 8.91. The molecule has 0 aliphatic heterocycles. The molecule has 1 aromatic rings. The average Bonchev–Trinajstić information content (AvgIpc) is 2.99. The Morgan fingerprint density at radius 3 is 3.13 bits per heavy atom. The first-order valence-electron chi connectivity index (χ1n) is 5.16. The number of nitriles is 1. The van der Waals surface area contributed by atoms with Gasteiger partial charge in [0.05, 0.1) is 17.4 Å². The molecule has 0 spiro atoms. The van der Waals surface area contributed by atoms with E-state index in [0.717, 1.165) is 5.92 Å². The molecule has 4 nitrogen and oxygen atoms in total. The van der Waals surface area contributed by atoms with Crippen molar-refractivity contribution >= 4 is 11.5 Å². The van der Waals surface area contributed by atoms with Crippen LogP contribution in [0, 0.1) is 17.2 Å². The van der Waals surface area contributed by atoms with Crippen LogP contribution in [0.5, 0.6) is 0 Å². The average molecular weight is 202 g/mol. The summed E-state index contributed by atoms with van der Waals surface area (Å²) in [5.41, 5.74) is 6.61. The maximum absolute atomic E-state index is 8.91. The van der Waals surface area contributed by atoms with Crippen molar-refractivity contribution in [3.8, 4) is 6.07 Å². The highest BCUT2D eigenvalue weighted by Crippen LogP contribution is 2.36. The number of hydrogen-bond donors (Lipinski definition) is 2. The van der Waals surface area contributed by atoms with Crippen LogP contribution in [0.25, 0.3) is 0 Å². The van der Waals surface area contributed by atoms with Gasteiger partial charge >= 0.3 is 0 Å². The molecule has 2 atom stereocenters. The molecule has 2 unspecified atom stereocenters. The molecular weight excluding hydrogens is 188 g/mol. The van der Waals surface area contributed by atoms with Gasteiger partial charge in [-0.25, -0.2) is 4.98 Å². The molecule has 4 heteroatoms. The van der Waals surface area contributed by atoms with Gasteiger partial charge in [0.15, 0.2) is 0 Å². The van der Waals surface area contributed by atoms with Gasteiger partial charge in [-0.15, -0.1) is 0 Å². The number of hydrogen-bond acceptors (Lipinski definition) is 4. The number of nitrogens with zero attached hydrogens (tertiary/aromatic N) is 2. The van der Waals surface area contributed by atoms with E-state index in [1.165, 1.54) is 12.8 Å². The zero-order valence-electron chi connectivity index (χ0n) is 8.70. The van der Waals surface area contributed by atoms with Crippen LogP contribution >= 0.6 is 0 Å². The molecule has 0 saturated heterocycles. The third-order valence-corrected chi connectivity index (χ3v) is 2.80. The molecule has 15 heavy (non-hydrogen) atoms. The third-order valence-electron chi connectivity index (χ3n) is 2.80. The Bertz CT molecular complexity index is 408. The first-order chi connectivity index (χ1) is 7.24. The molecule has 0 bridgehead atoms. The van der Waals surface area contributed by atoms with Gasteiger partial charge in [0.25, 0.3) is 0 Å². The Morgan fingerprint density at radius 1 is 1.73 bits per heavy atom. The Kier molecular flexibility index (Phi) is 2.46. The number of nitrogens with two attached hydrogens (primary N) is 1. The number of pyridine rings is 1. The first kappa shape index (κ1) is 9.78. The van der Waals surface area contributed by atoms with Gasteiger partial charge in [0.2, 0.25) is 0 Å². The molecule has 1 aliphatic rings. The summed E-state index contributed by atoms with van der Waals surface area (Å²) in [5.74, 6) is 1.39. The predicted molar refractivity (Wildman–Crippen MR) is 59.2 cm³/mol. The van der Waals surface area contributed by atoms with Crippen LogP contribution < -0.4 is 11.1 Å². The largest absolute Gasteiger partial charge is 0.397 e. The highest BCUT2D eigenvalue weighted by atomic mass is 15.1. The van der Waals surface area contributed by atoms with E-state index in [-0.39, 0.29) is 0 Å². The molecule has 3 N–H and O–H groups in total. The van der Waals surface area contributed by atoms with Crippen LogP contribution in [0.2, 0.25) is 0 Å². The van der Waals surface area contributed by atoms with Crippen LogP contribution in [0.4, 0.5) is 11.5 Å². The van der Waals surface area contributed by atoms with E-state index in [0.29, 0.717) is 23.1 Å². The quantitative estimate of drug-likeness (QED) is 0.783. The molecule has 1 aromatic heterocycles. The zero-order valence-corrected chi connectivity index (χ0v) is 8.70. The summed E-state index contributed by atoms with van der Waals surface area (Å²) < 4.78 is 0. The minimum Gasteiger partial charge on any atom is -0.397 e. The third kappa shape index (κ3) is 2.01. The standard InChI is InChI=1S/C11H14N4/c1-2-7-4-10(7)15-11-8(5-12)3-9(13)6-14-11/h3,6-7,10H,2,4,13H2,1H3,(H,14,15). The monoisotopic (exact) mass is 202 g/mol. The van der Waals surface area contributed by atoms with E-state index in [2.05, 4.69) is 23.3 Å². The molecule has 1 heterocycles. The Morgan fingerprint density at radius 2 is 2.53 bits per heavy atom. The second kappa shape index (κ2) is 3.77. The first-order valence-corrected chi connectivity index (χ1v) is 5.16. The molecule has 1 saturated carbocycles. The normalized spacial score (nSPS) is 23.2. The van der Waals surface area contributed by atoms with Gasteiger partial charge in [0.1, 0.15) is 11.9 Å². The Labute approximate surface area is 89.1 Å². The molecule has 1 aliphatic carbocycles. The SMILES string of the molecule is CCC1CC1Nc1ncc(N)cc1C#N. The number of nitrogen functional groups attached to an aromatic ring is 1. The van der Waals surface area contributed by atoms with Gasteiger partial charge in [0, 0.05) is 6.04 Å². The van der Waals surface area contributed by atoms with Crippen LogP contribution in [-0.2, 0) is 0 Å². The second-order valence-corrected chi connectivity index (χ2v) is 3.93. The summed E-state index contributed by atoms with van der Waals surface area (Å²) >= 11 is 0. The summed E-state index contributed by atoms with van der Waals surface area (Å²) in [6.45, 7) is 2.17. The molecule has 1 fully saturated rings. The van der Waals surface area contributed by atoms with Crippen LogP contribution in [0.1, 0.15) is 25.3 Å². The van der Waals surface area contributed by atoms with E-state index in [1.807, 2.05) is 0 Å². The molecular formula is C11H14N4. The van der Waals surface area contributed by atoms with Crippen molar-refractivity contribution < 1.29 is 0 Å². The lowest BCUT2D eigenvalue weighted by molar-refractivity contribution is 0.773. The summed E-state index contributed by atoms with van der Waals surface area (Å²) in [4.78, 5) is 4.14. The summed E-state index contributed by atoms with van der Waals surface area (Å²) in [5, 5.41) is 12.2. The minimum absolute atomic E-state index is 0.484. The van der Waals surface area contributed by atoms with Crippen LogP contribution in [-0.4, -0.2) is 11.0 Å². The lowest BCUT2D eigenvalue weighted by Gasteiger charge is -2.06. The smallest absolute Gasteiger partial charge is 0.144 e. The summed E-state index contributed by atoms with van der Waals surface area (Å²) in [6.07, 6.45) is 3.93. The highest BCUT2D eigenvalue weighted by molar-refractivity contribution is 5.58. The topological polar surface area (TPSA) is 74.7 Å². The van der Waals surface area contributed by atoms with Gasteiger partial charge in [-0.2, -0.15) is 5.26 Å². The van der Waals surface area contributed by atoms with Gasteiger partial charge < -0.3 is 11.1 Å². The van der Waals surface area contributed by atoms with Crippen LogP contribution in [0.3, 0.4) is 0 Å². The molecule has 2 rings (SSSR count). The minimum atomic E-state index is 0.484. The molecule has 0 amide bonds. The van der Waals surface area contributed by atoms with Crippen molar-refractivity contribution in [1.82, 2.24) is 4.98 Å². The fourth-order valence-electron chi connectivity index (χ4n) is 1.73. The van der Waals surface area contributed by atoms with E-state index >= 15 is 0 Å². The number of aromatic nitrogens is 1. The van der Waals surface area contributed by atoms with E-state index in [4.69, 9.17) is 11.0 Å². The van der Waals surface area contributed by atoms with E-state index < -0.39 is 0 Å². The number of nitrogens with one attached hydrogen (secondary N) is 1. The second-order valence-electron chi connectivity index (χ2n) is 3.93. The summed E-state index contributed by atoms with van der Waals surface area (Å²) in [6, 6.07) is 4.23. The zero-order chi connectivity index (χ0) is 10.8. The maximum Gasteiger partial charge on any atom is 0.144 e. The van der Waals surface area contributed by atoms with E-state index in [1.54, 1.807) is 12.3 Å². The molecule has 0 radical (unpaired) electrons. The Hall–Kier alpha value is -1.76. The van der Waals surface area contributed by atoms with Gasteiger partial charge in [-0.1, -0.05) is 13.3 Å². The fourth-order valence-corrected chi connectivity index (χ4v) is 1.73. The van der Waals surface area contributed by atoms with Crippen LogP contribution in [0.15, 0.2) is 12.3 Å². The lowest BCUT2D eigenvalue weighted by atomic mass is 10.2. The highest BCUT2D eigenvalue weighted by Gasteiger charge is 2.35. The summed E-state index contributed by atoms with van der Waals surface area (Å²) in [7, 11) is 0. The predicted octanol–water partition coefficient (Wildman–Crippen LogP) is 1.75. The van der Waals surface area contributed by atoms with E-state index in [9.17, 15) is 0 Å². The van der Waals surface area contributed by atoms with Crippen molar-refractivity contribution in [3.05, 3.63) is 17.8 Å². The van der Waals surface area contributed by atoms with Gasteiger partial charge in [-0.05, 0) is 18.4 Å². The Balaban J connectivity index is 2.12. The number of anilines is 2. The van der Waals surface area contributed by atoms with Crippen molar-refractivity contribution in [2.24, 2.45) is 5.92 Å². The lowest BCUT2D eigenvalue weighted by Crippen LogP contribution is -2.08. The van der Waals surface area contributed by atoms with Crippen molar-refractivity contribution in [3.63, 3.8) is 0 Å². The molecule has 0 aromatic carbocycles. The molecule has 78 valence electrons. The fraction of sp³-hybridized carbons (Fsp3) is 0.455. The van der Waals surface area contributed by atoms with Crippen molar-refractivity contribution in [2.45, 2.75) is 25.8 Å². The van der Waals surface area contributed by atoms with Crippen molar-refractivity contribution in [1.29, 1.82) is 5.26 Å².